The molecule has 0 spiro atoms. The highest BCUT2D eigenvalue weighted by atomic mass is 35.5. The highest BCUT2D eigenvalue weighted by Gasteiger charge is 2.05. The van der Waals surface area contributed by atoms with Gasteiger partial charge < -0.3 is 9.38 Å². The molecule has 0 aliphatic heterocycles. The minimum atomic E-state index is -0.192. The van der Waals surface area contributed by atoms with E-state index >= 15 is 0 Å². The first-order chi connectivity index (χ1) is 7.25. The van der Waals surface area contributed by atoms with Crippen molar-refractivity contribution in [2.24, 2.45) is 0 Å². The third kappa shape index (κ3) is 1.13. The Morgan fingerprint density at radius 1 is 1.40 bits per heavy atom. The molecule has 1 N–H and O–H groups in total. The van der Waals surface area contributed by atoms with Gasteiger partial charge in [-0.05, 0) is 23.7 Å². The van der Waals surface area contributed by atoms with Gasteiger partial charge in [-0.1, -0.05) is 0 Å². The molecule has 0 atom stereocenters. The third-order valence-electron chi connectivity index (χ3n) is 2.21. The smallest absolute Gasteiger partial charge is 0.273 e. The summed E-state index contributed by atoms with van der Waals surface area (Å²) in [5.74, 6) is 0. The Labute approximate surface area is 88.4 Å². The topological polar surface area (TPSA) is 63.0 Å². The van der Waals surface area contributed by atoms with Crippen molar-refractivity contribution in [1.29, 1.82) is 0 Å². The number of halogens is 1. The fourth-order valence-electron chi connectivity index (χ4n) is 1.57. The summed E-state index contributed by atoms with van der Waals surface area (Å²) in [6, 6.07) is 3.52. The van der Waals surface area contributed by atoms with Crippen molar-refractivity contribution >= 4 is 28.3 Å². The minimum absolute atomic E-state index is 0.115. The lowest BCUT2D eigenvalue weighted by atomic mass is 10.4. The van der Waals surface area contributed by atoms with Crippen molar-refractivity contribution < 1.29 is 0 Å². The van der Waals surface area contributed by atoms with Crippen LogP contribution in [0.2, 0.25) is 5.28 Å². The fraction of sp³-hybridized carbons (Fsp3) is 0. The minimum Gasteiger partial charge on any atom is -0.308 e. The molecule has 0 aliphatic carbocycles. The van der Waals surface area contributed by atoms with E-state index in [-0.39, 0.29) is 10.8 Å². The Balaban J connectivity index is 2.66. The number of H-pyrrole nitrogens is 1. The second-order valence-electron chi connectivity index (χ2n) is 3.09. The zero-order chi connectivity index (χ0) is 10.4. The van der Waals surface area contributed by atoms with Gasteiger partial charge in [-0.25, -0.2) is 4.98 Å². The highest BCUT2D eigenvalue weighted by molar-refractivity contribution is 6.28. The molecule has 0 saturated carbocycles. The van der Waals surface area contributed by atoms with Crippen LogP contribution in [0.25, 0.3) is 16.7 Å². The number of nitrogens with one attached hydrogen (secondary N) is 1. The number of aromatic amines is 1. The first-order valence-corrected chi connectivity index (χ1v) is 4.65. The summed E-state index contributed by atoms with van der Waals surface area (Å²) in [4.78, 5) is 22.1. The Morgan fingerprint density at radius 2 is 2.27 bits per heavy atom. The van der Waals surface area contributed by atoms with Crippen LogP contribution >= 0.6 is 11.6 Å². The van der Waals surface area contributed by atoms with Crippen molar-refractivity contribution in [2.45, 2.75) is 0 Å². The molecule has 0 aliphatic rings. The van der Waals surface area contributed by atoms with Crippen molar-refractivity contribution in [2.75, 3.05) is 0 Å². The van der Waals surface area contributed by atoms with E-state index in [0.29, 0.717) is 11.2 Å². The van der Waals surface area contributed by atoms with Crippen molar-refractivity contribution in [3.63, 3.8) is 0 Å². The molecule has 74 valence electrons. The molecule has 0 fully saturated rings. The van der Waals surface area contributed by atoms with Crippen LogP contribution in [-0.2, 0) is 0 Å². The molecule has 3 aromatic rings. The van der Waals surface area contributed by atoms with Gasteiger partial charge in [0.1, 0.15) is 11.0 Å². The summed E-state index contributed by atoms with van der Waals surface area (Å²) in [5, 5.41) is 0.115. The predicted molar refractivity (Wildman–Crippen MR) is 56.1 cm³/mol. The van der Waals surface area contributed by atoms with Gasteiger partial charge in [0.05, 0.1) is 6.20 Å². The van der Waals surface area contributed by atoms with E-state index in [9.17, 15) is 4.79 Å². The summed E-state index contributed by atoms with van der Waals surface area (Å²) < 4.78 is 1.73. The Hall–Kier alpha value is -1.88. The molecule has 15 heavy (non-hydrogen) atoms. The van der Waals surface area contributed by atoms with Crippen molar-refractivity contribution in [3.8, 4) is 0 Å². The molecule has 3 heterocycles. The van der Waals surface area contributed by atoms with E-state index < -0.39 is 0 Å². The highest BCUT2D eigenvalue weighted by Crippen LogP contribution is 2.11. The summed E-state index contributed by atoms with van der Waals surface area (Å²) in [6.45, 7) is 0. The molecule has 0 bridgehead atoms. The monoisotopic (exact) mass is 220 g/mol. The van der Waals surface area contributed by atoms with Crippen LogP contribution in [0, 0.1) is 0 Å². The second-order valence-corrected chi connectivity index (χ2v) is 3.43. The van der Waals surface area contributed by atoms with Gasteiger partial charge in [0.25, 0.3) is 5.56 Å². The van der Waals surface area contributed by atoms with Crippen molar-refractivity contribution in [1.82, 2.24) is 19.4 Å². The lowest BCUT2D eigenvalue weighted by molar-refractivity contribution is 1.10. The van der Waals surface area contributed by atoms with Crippen LogP contribution in [0.4, 0.5) is 0 Å². The van der Waals surface area contributed by atoms with E-state index in [1.807, 2.05) is 0 Å². The summed E-state index contributed by atoms with van der Waals surface area (Å²) in [5.41, 5.74) is 1.53. The third-order valence-corrected chi connectivity index (χ3v) is 2.40. The predicted octanol–water partition coefficient (Wildman–Crippen LogP) is 1.22. The number of nitrogens with zero attached hydrogens (tertiary/aromatic N) is 3. The first kappa shape index (κ1) is 8.43. The van der Waals surface area contributed by atoms with Crippen LogP contribution in [0.1, 0.15) is 0 Å². The quantitative estimate of drug-likeness (QED) is 0.580. The van der Waals surface area contributed by atoms with E-state index in [4.69, 9.17) is 11.6 Å². The molecule has 6 heteroatoms. The van der Waals surface area contributed by atoms with Crippen molar-refractivity contribution in [3.05, 3.63) is 40.2 Å². The molecule has 0 aromatic carbocycles. The van der Waals surface area contributed by atoms with E-state index in [0.717, 1.165) is 5.52 Å². The van der Waals surface area contributed by atoms with Gasteiger partial charge in [-0.2, -0.15) is 4.98 Å². The summed E-state index contributed by atoms with van der Waals surface area (Å²) in [6.07, 6.45) is 3.36. The second kappa shape index (κ2) is 2.80. The molecule has 5 nitrogen and oxygen atoms in total. The summed E-state index contributed by atoms with van der Waals surface area (Å²) >= 11 is 5.64. The van der Waals surface area contributed by atoms with Crippen LogP contribution in [0.3, 0.4) is 0 Å². The Morgan fingerprint density at radius 3 is 3.13 bits per heavy atom. The zero-order valence-electron chi connectivity index (χ0n) is 7.44. The average Bonchev–Trinajstić information content (AvgIpc) is 2.66. The van der Waals surface area contributed by atoms with Gasteiger partial charge >= 0.3 is 0 Å². The van der Waals surface area contributed by atoms with E-state index in [1.54, 1.807) is 28.9 Å². The Bertz CT molecular complexity index is 715. The molecule has 3 rings (SSSR count). The summed E-state index contributed by atoms with van der Waals surface area (Å²) in [7, 11) is 0. The van der Waals surface area contributed by atoms with Crippen LogP contribution < -0.4 is 5.56 Å². The number of hydrogen-bond acceptors (Lipinski definition) is 3. The van der Waals surface area contributed by atoms with Gasteiger partial charge in [0, 0.05) is 6.20 Å². The maximum Gasteiger partial charge on any atom is 0.273 e. The van der Waals surface area contributed by atoms with Gasteiger partial charge in [0.15, 0.2) is 5.65 Å². The van der Waals surface area contributed by atoms with E-state index in [1.165, 1.54) is 0 Å². The molecule has 0 amide bonds. The fourth-order valence-corrected chi connectivity index (χ4v) is 1.70. The lowest BCUT2D eigenvalue weighted by Gasteiger charge is -2.00. The van der Waals surface area contributed by atoms with Crippen LogP contribution in [-0.4, -0.2) is 19.4 Å². The Kier molecular flexibility index (Phi) is 1.58. The normalized spacial score (nSPS) is 11.3. The van der Waals surface area contributed by atoms with E-state index in [2.05, 4.69) is 15.0 Å². The number of fused-ring (bicyclic) bond motifs is 3. The molecule has 0 radical (unpaired) electrons. The average molecular weight is 221 g/mol. The molecular weight excluding hydrogens is 216 g/mol. The molecule has 0 unspecified atom stereocenters. The largest absolute Gasteiger partial charge is 0.308 e. The number of aromatic nitrogens is 4. The number of rotatable bonds is 0. The van der Waals surface area contributed by atoms with Gasteiger partial charge in [-0.3, -0.25) is 4.79 Å². The maximum atomic E-state index is 11.6. The molecule has 0 saturated heterocycles. The van der Waals surface area contributed by atoms with Gasteiger partial charge in [0.2, 0.25) is 5.28 Å². The lowest BCUT2D eigenvalue weighted by Crippen LogP contribution is -2.10. The van der Waals surface area contributed by atoms with Crippen LogP contribution in [0.5, 0.6) is 0 Å². The standard InChI is InChI=1S/C9H5ClN4O/c10-9-11-4-6-7(13-9)12-8(15)5-2-1-3-14(5)6/h1-4H,(H,11,12,13,15). The van der Waals surface area contributed by atoms with Gasteiger partial charge in [-0.15, -0.1) is 0 Å². The number of hydrogen-bond donors (Lipinski definition) is 1. The zero-order valence-corrected chi connectivity index (χ0v) is 8.19. The SMILES string of the molecule is O=c1[nH]c2nc(Cl)ncc2n2cccc12. The maximum absolute atomic E-state index is 11.6. The first-order valence-electron chi connectivity index (χ1n) is 4.27. The van der Waals surface area contributed by atoms with Crippen LogP contribution in [0.15, 0.2) is 29.3 Å². The molecule has 3 aromatic heterocycles. The molecular formula is C9H5ClN4O.